The lowest BCUT2D eigenvalue weighted by molar-refractivity contribution is -0.126. The van der Waals surface area contributed by atoms with Crippen LogP contribution in [0.1, 0.15) is 23.2 Å². The number of sulfonamides is 1. The maximum Gasteiger partial charge on any atom is 0.337 e. The summed E-state index contributed by atoms with van der Waals surface area (Å²) in [6.07, 6.45) is -2.27. The molecular weight excluding hydrogens is 358 g/mol. The maximum absolute atomic E-state index is 12.7. The van der Waals surface area contributed by atoms with Crippen LogP contribution in [0.25, 0.3) is 0 Å². The number of carboxylic acids is 1. The summed E-state index contributed by atoms with van der Waals surface area (Å²) in [5.41, 5.74) is -0.320. The van der Waals surface area contributed by atoms with E-state index < -0.39 is 40.8 Å². The van der Waals surface area contributed by atoms with Crippen molar-refractivity contribution >= 4 is 21.9 Å². The molecule has 25 heavy (non-hydrogen) atoms. The van der Waals surface area contributed by atoms with Crippen LogP contribution >= 0.6 is 0 Å². The van der Waals surface area contributed by atoms with Gasteiger partial charge < -0.3 is 10.4 Å². The van der Waals surface area contributed by atoms with Crippen LogP contribution in [0.5, 0.6) is 0 Å². The van der Waals surface area contributed by atoms with Gasteiger partial charge in [0.05, 0.1) is 17.0 Å². The maximum atomic E-state index is 12.7. The number of alkyl halides is 2. The average molecular weight is 376 g/mol. The molecule has 0 saturated carbocycles. The molecule has 0 radical (unpaired) electrons. The quantitative estimate of drug-likeness (QED) is 0.776. The van der Waals surface area contributed by atoms with E-state index in [4.69, 9.17) is 5.11 Å². The predicted octanol–water partition coefficient (Wildman–Crippen LogP) is 1.17. The largest absolute Gasteiger partial charge is 0.478 e. The number of carbonyl (C=O) groups is 2. The number of rotatable bonds is 6. The molecule has 10 heteroatoms. The van der Waals surface area contributed by atoms with Crippen molar-refractivity contribution in [3.63, 3.8) is 0 Å². The molecule has 0 aromatic heterocycles. The molecule has 0 spiro atoms. The summed E-state index contributed by atoms with van der Waals surface area (Å²) in [5, 5.41) is 11.3. The number of nitrogens with zero attached hydrogens (tertiary/aromatic N) is 1. The zero-order valence-electron chi connectivity index (χ0n) is 13.2. The van der Waals surface area contributed by atoms with Gasteiger partial charge in [0, 0.05) is 19.0 Å². The molecule has 0 atom stereocenters. The van der Waals surface area contributed by atoms with E-state index in [1.54, 1.807) is 0 Å². The SMILES string of the molecule is O=C(O)c1ccccc1S(=O)(=O)N1CCC(C(=O)NCC(F)F)CC1. The molecule has 1 aromatic rings. The van der Waals surface area contributed by atoms with Crippen molar-refractivity contribution in [1.29, 1.82) is 0 Å². The van der Waals surface area contributed by atoms with E-state index in [9.17, 15) is 26.8 Å². The van der Waals surface area contributed by atoms with Crippen molar-refractivity contribution in [2.75, 3.05) is 19.6 Å². The van der Waals surface area contributed by atoms with Crippen LogP contribution in [-0.2, 0) is 14.8 Å². The van der Waals surface area contributed by atoms with Crippen LogP contribution in [-0.4, -0.2) is 55.8 Å². The Kier molecular flexibility index (Phi) is 6.07. The van der Waals surface area contributed by atoms with E-state index in [2.05, 4.69) is 5.32 Å². The molecular formula is C15H18F2N2O5S. The third-order valence-electron chi connectivity index (χ3n) is 3.99. The number of nitrogens with one attached hydrogen (secondary N) is 1. The van der Waals surface area contributed by atoms with Crippen molar-refractivity contribution in [3.8, 4) is 0 Å². The van der Waals surface area contributed by atoms with Gasteiger partial charge in [-0.3, -0.25) is 4.79 Å². The summed E-state index contributed by atoms with van der Waals surface area (Å²) in [7, 11) is -4.01. The summed E-state index contributed by atoms with van der Waals surface area (Å²) < 4.78 is 50.7. The molecule has 1 aliphatic heterocycles. The van der Waals surface area contributed by atoms with Gasteiger partial charge in [-0.15, -0.1) is 0 Å². The summed E-state index contributed by atoms with van der Waals surface area (Å²) in [5.74, 6) is -2.41. The lowest BCUT2D eigenvalue weighted by Gasteiger charge is -2.30. The molecule has 1 saturated heterocycles. The van der Waals surface area contributed by atoms with E-state index in [0.717, 1.165) is 4.31 Å². The van der Waals surface area contributed by atoms with Gasteiger partial charge in [-0.25, -0.2) is 22.0 Å². The second-order valence-corrected chi connectivity index (χ2v) is 7.52. The standard InChI is InChI=1S/C15H18F2N2O5S/c16-13(17)9-18-14(20)10-5-7-19(8-6-10)25(23,24)12-4-2-1-3-11(12)15(21)22/h1-4,10,13H,5-9H2,(H,18,20)(H,21,22). The summed E-state index contributed by atoms with van der Waals surface area (Å²) in [6.45, 7) is -0.699. The summed E-state index contributed by atoms with van der Waals surface area (Å²) in [4.78, 5) is 22.7. The second-order valence-electron chi connectivity index (χ2n) is 5.62. The van der Waals surface area contributed by atoms with Gasteiger partial charge in [0.25, 0.3) is 6.43 Å². The minimum Gasteiger partial charge on any atom is -0.478 e. The number of hydrogen-bond donors (Lipinski definition) is 2. The van der Waals surface area contributed by atoms with E-state index in [0.29, 0.717) is 0 Å². The van der Waals surface area contributed by atoms with E-state index in [1.807, 2.05) is 0 Å². The Labute approximate surface area is 143 Å². The smallest absolute Gasteiger partial charge is 0.337 e. The Morgan fingerprint density at radius 1 is 1.24 bits per heavy atom. The number of carboxylic acid groups (broad SMARTS) is 1. The minimum atomic E-state index is -4.01. The lowest BCUT2D eigenvalue weighted by Crippen LogP contribution is -2.44. The molecule has 7 nitrogen and oxygen atoms in total. The van der Waals surface area contributed by atoms with Crippen LogP contribution in [0, 0.1) is 5.92 Å². The highest BCUT2D eigenvalue weighted by Gasteiger charge is 2.34. The number of benzene rings is 1. The van der Waals surface area contributed by atoms with Crippen molar-refractivity contribution in [2.45, 2.75) is 24.2 Å². The highest BCUT2D eigenvalue weighted by Crippen LogP contribution is 2.26. The highest BCUT2D eigenvalue weighted by molar-refractivity contribution is 7.89. The first kappa shape index (κ1) is 19.3. The van der Waals surface area contributed by atoms with E-state index in [-0.39, 0.29) is 36.4 Å². The van der Waals surface area contributed by atoms with Crippen molar-refractivity contribution in [3.05, 3.63) is 29.8 Å². The molecule has 1 aliphatic rings. The summed E-state index contributed by atoms with van der Waals surface area (Å²) in [6, 6.07) is 5.30. The van der Waals surface area contributed by atoms with Crippen molar-refractivity contribution in [2.24, 2.45) is 5.92 Å². The molecule has 1 heterocycles. The molecule has 1 amide bonds. The van der Waals surface area contributed by atoms with Crippen LogP contribution in [0.2, 0.25) is 0 Å². The average Bonchev–Trinajstić information content (AvgIpc) is 2.59. The number of hydrogen-bond acceptors (Lipinski definition) is 4. The third kappa shape index (κ3) is 4.51. The fraction of sp³-hybridized carbons (Fsp3) is 0.467. The first-order valence-electron chi connectivity index (χ1n) is 7.62. The molecule has 2 N–H and O–H groups in total. The number of amides is 1. The van der Waals surface area contributed by atoms with Crippen LogP contribution in [0.4, 0.5) is 8.78 Å². The number of carbonyl (C=O) groups excluding carboxylic acids is 1. The number of aromatic carboxylic acids is 1. The van der Waals surface area contributed by atoms with Crippen LogP contribution < -0.4 is 5.32 Å². The van der Waals surface area contributed by atoms with Gasteiger partial charge in [0.1, 0.15) is 0 Å². The van der Waals surface area contributed by atoms with Gasteiger partial charge in [-0.05, 0) is 25.0 Å². The van der Waals surface area contributed by atoms with Gasteiger partial charge in [-0.2, -0.15) is 4.31 Å². The molecule has 0 aliphatic carbocycles. The zero-order valence-corrected chi connectivity index (χ0v) is 14.0. The first-order valence-corrected chi connectivity index (χ1v) is 9.06. The fourth-order valence-corrected chi connectivity index (χ4v) is 4.34. The lowest BCUT2D eigenvalue weighted by atomic mass is 9.97. The Balaban J connectivity index is 2.07. The minimum absolute atomic E-state index is 0.0169. The van der Waals surface area contributed by atoms with Crippen LogP contribution in [0.15, 0.2) is 29.2 Å². The monoisotopic (exact) mass is 376 g/mol. The number of halogens is 2. The molecule has 0 unspecified atom stereocenters. The zero-order chi connectivity index (χ0) is 18.6. The Hall–Kier alpha value is -2.07. The molecule has 0 bridgehead atoms. The third-order valence-corrected chi connectivity index (χ3v) is 5.95. The number of piperidine rings is 1. The molecule has 1 aromatic carbocycles. The molecule has 2 rings (SSSR count). The predicted molar refractivity (Wildman–Crippen MR) is 83.9 cm³/mol. The van der Waals surface area contributed by atoms with Crippen molar-refractivity contribution < 1.29 is 31.9 Å². The Morgan fingerprint density at radius 3 is 2.40 bits per heavy atom. The van der Waals surface area contributed by atoms with Gasteiger partial charge >= 0.3 is 5.97 Å². The molecule has 138 valence electrons. The van der Waals surface area contributed by atoms with Crippen molar-refractivity contribution in [1.82, 2.24) is 9.62 Å². The topological polar surface area (TPSA) is 104 Å². The Morgan fingerprint density at radius 2 is 1.84 bits per heavy atom. The first-order chi connectivity index (χ1) is 11.7. The fourth-order valence-electron chi connectivity index (χ4n) is 2.69. The van der Waals surface area contributed by atoms with Gasteiger partial charge in [0.2, 0.25) is 15.9 Å². The van der Waals surface area contributed by atoms with Gasteiger partial charge in [0.15, 0.2) is 0 Å². The second kappa shape index (κ2) is 7.87. The normalized spacial score (nSPS) is 16.8. The van der Waals surface area contributed by atoms with E-state index in [1.165, 1.54) is 24.3 Å². The summed E-state index contributed by atoms with van der Waals surface area (Å²) >= 11 is 0. The van der Waals surface area contributed by atoms with Crippen LogP contribution in [0.3, 0.4) is 0 Å². The highest BCUT2D eigenvalue weighted by atomic mass is 32.2. The molecule has 1 fully saturated rings. The Bertz CT molecular complexity index is 746. The van der Waals surface area contributed by atoms with Gasteiger partial charge in [-0.1, -0.05) is 12.1 Å². The van der Waals surface area contributed by atoms with E-state index >= 15 is 0 Å².